The number of nitrogens with zero attached hydrogens (tertiary/aromatic N) is 1. The van der Waals surface area contributed by atoms with Gasteiger partial charge in [0, 0.05) is 10.2 Å². The molecule has 0 saturated carbocycles. The number of carbonyl (C=O) groups is 1. The molecule has 1 saturated heterocycles. The van der Waals surface area contributed by atoms with Crippen LogP contribution in [0.3, 0.4) is 0 Å². The van der Waals surface area contributed by atoms with Crippen molar-refractivity contribution in [1.82, 2.24) is 0 Å². The van der Waals surface area contributed by atoms with Crippen LogP contribution in [0.25, 0.3) is 0 Å². The molecule has 4 heteroatoms. The quantitative estimate of drug-likeness (QED) is 0.829. The van der Waals surface area contributed by atoms with Crippen molar-refractivity contribution in [2.45, 2.75) is 32.7 Å². The molecule has 23 heavy (non-hydrogen) atoms. The highest BCUT2D eigenvalue weighted by molar-refractivity contribution is 9.10. The molecule has 0 bridgehead atoms. The Hall–Kier alpha value is -1.65. The first kappa shape index (κ1) is 16.2. The van der Waals surface area contributed by atoms with Gasteiger partial charge in [0.25, 0.3) is 0 Å². The summed E-state index contributed by atoms with van der Waals surface area (Å²) in [6.07, 6.45) is 0. The third kappa shape index (κ3) is 2.60. The van der Waals surface area contributed by atoms with Gasteiger partial charge >= 0.3 is 0 Å². The van der Waals surface area contributed by atoms with Crippen LogP contribution in [-0.2, 0) is 4.79 Å². The van der Waals surface area contributed by atoms with Gasteiger partial charge in [0.15, 0.2) is 0 Å². The van der Waals surface area contributed by atoms with E-state index < -0.39 is 0 Å². The number of aryl methyl sites for hydroxylation is 3. The van der Waals surface area contributed by atoms with Gasteiger partial charge in [-0.3, -0.25) is 4.79 Å². The maximum absolute atomic E-state index is 12.9. The Morgan fingerprint density at radius 2 is 1.74 bits per heavy atom. The van der Waals surface area contributed by atoms with Crippen LogP contribution in [0.2, 0.25) is 0 Å². The zero-order valence-corrected chi connectivity index (χ0v) is 15.1. The van der Waals surface area contributed by atoms with E-state index in [1.165, 1.54) is 5.56 Å². The molecule has 0 radical (unpaired) electrons. The van der Waals surface area contributed by atoms with Gasteiger partial charge in [-0.2, -0.15) is 0 Å². The molecule has 1 heterocycles. The lowest BCUT2D eigenvalue weighted by Crippen LogP contribution is -2.61. The van der Waals surface area contributed by atoms with E-state index in [0.29, 0.717) is 0 Å². The summed E-state index contributed by atoms with van der Waals surface area (Å²) in [4.78, 5) is 14.6. The molecule has 3 rings (SSSR count). The Morgan fingerprint density at radius 3 is 2.30 bits per heavy atom. The molecule has 3 nitrogen and oxygen atoms in total. The van der Waals surface area contributed by atoms with E-state index in [9.17, 15) is 9.90 Å². The van der Waals surface area contributed by atoms with Crippen molar-refractivity contribution in [1.29, 1.82) is 0 Å². The predicted molar refractivity (Wildman–Crippen MR) is 95.9 cm³/mol. The van der Waals surface area contributed by atoms with Gasteiger partial charge < -0.3 is 10.0 Å². The van der Waals surface area contributed by atoms with Crippen molar-refractivity contribution in [3.63, 3.8) is 0 Å². The Labute approximate surface area is 145 Å². The second kappa shape index (κ2) is 6.10. The van der Waals surface area contributed by atoms with Crippen molar-refractivity contribution in [3.8, 4) is 0 Å². The SMILES string of the molecule is Cc1cc(C)c(N2C(=O)[C@H](c3ccccc3Br)[C@@H]2CO)c(C)c1. The van der Waals surface area contributed by atoms with Gasteiger partial charge in [-0.15, -0.1) is 0 Å². The van der Waals surface area contributed by atoms with E-state index in [1.807, 2.05) is 38.1 Å². The largest absolute Gasteiger partial charge is 0.394 e. The number of amides is 1. The number of aliphatic hydroxyl groups is 1. The van der Waals surface area contributed by atoms with Gasteiger partial charge in [-0.05, 0) is 43.5 Å². The summed E-state index contributed by atoms with van der Waals surface area (Å²) in [6.45, 7) is 6.03. The zero-order chi connectivity index (χ0) is 16.7. The van der Waals surface area contributed by atoms with Crippen LogP contribution in [0.4, 0.5) is 5.69 Å². The Bertz CT molecular complexity index is 749. The number of benzene rings is 2. The van der Waals surface area contributed by atoms with Crippen molar-refractivity contribution in [2.24, 2.45) is 0 Å². The minimum atomic E-state index is -0.296. The molecule has 0 unspecified atom stereocenters. The van der Waals surface area contributed by atoms with E-state index in [4.69, 9.17) is 0 Å². The van der Waals surface area contributed by atoms with E-state index in [2.05, 4.69) is 35.0 Å². The molecular formula is C19H20BrNO2. The van der Waals surface area contributed by atoms with Gasteiger partial charge in [0.2, 0.25) is 5.91 Å². The number of anilines is 1. The lowest BCUT2D eigenvalue weighted by atomic mass is 9.80. The fourth-order valence-electron chi connectivity index (χ4n) is 3.63. The minimum Gasteiger partial charge on any atom is -0.394 e. The second-order valence-corrected chi connectivity index (χ2v) is 7.06. The van der Waals surface area contributed by atoms with E-state index >= 15 is 0 Å². The van der Waals surface area contributed by atoms with Crippen molar-refractivity contribution < 1.29 is 9.90 Å². The van der Waals surface area contributed by atoms with Crippen LogP contribution in [0.1, 0.15) is 28.2 Å². The maximum atomic E-state index is 12.9. The highest BCUT2D eigenvalue weighted by Gasteiger charge is 2.49. The van der Waals surface area contributed by atoms with Crippen LogP contribution in [0.15, 0.2) is 40.9 Å². The number of carbonyl (C=O) groups excluding carboxylic acids is 1. The Balaban J connectivity index is 2.02. The molecule has 1 N–H and O–H groups in total. The Morgan fingerprint density at radius 1 is 1.13 bits per heavy atom. The predicted octanol–water partition coefficient (Wildman–Crippen LogP) is 3.87. The van der Waals surface area contributed by atoms with Gasteiger partial charge in [0.05, 0.1) is 18.6 Å². The lowest BCUT2D eigenvalue weighted by molar-refractivity contribution is -0.127. The first-order chi connectivity index (χ1) is 11.0. The highest BCUT2D eigenvalue weighted by Crippen LogP contribution is 2.43. The Kier molecular flexibility index (Phi) is 4.30. The fraction of sp³-hybridized carbons (Fsp3) is 0.316. The fourth-order valence-corrected chi connectivity index (χ4v) is 4.16. The number of hydrogen-bond acceptors (Lipinski definition) is 2. The normalized spacial score (nSPS) is 20.6. The van der Waals surface area contributed by atoms with Crippen molar-refractivity contribution >= 4 is 27.5 Å². The van der Waals surface area contributed by atoms with Crippen molar-refractivity contribution in [3.05, 3.63) is 63.1 Å². The summed E-state index contributed by atoms with van der Waals surface area (Å²) < 4.78 is 0.911. The molecular weight excluding hydrogens is 354 g/mol. The topological polar surface area (TPSA) is 40.5 Å². The molecule has 0 spiro atoms. The molecule has 1 fully saturated rings. The molecule has 1 aliphatic heterocycles. The average molecular weight is 374 g/mol. The summed E-state index contributed by atoms with van der Waals surface area (Å²) in [5.74, 6) is -0.248. The molecule has 1 amide bonds. The zero-order valence-electron chi connectivity index (χ0n) is 13.5. The third-order valence-electron chi connectivity index (χ3n) is 4.52. The number of β-lactam (4-membered cyclic amide) rings is 1. The van der Waals surface area contributed by atoms with Gasteiger partial charge in [0.1, 0.15) is 0 Å². The van der Waals surface area contributed by atoms with Crippen molar-refractivity contribution in [2.75, 3.05) is 11.5 Å². The van der Waals surface area contributed by atoms with Crippen LogP contribution in [0.5, 0.6) is 0 Å². The number of halogens is 1. The van der Waals surface area contributed by atoms with Crippen LogP contribution in [0, 0.1) is 20.8 Å². The van der Waals surface area contributed by atoms with Crippen LogP contribution >= 0.6 is 15.9 Å². The second-order valence-electron chi connectivity index (χ2n) is 6.20. The third-order valence-corrected chi connectivity index (χ3v) is 5.25. The van der Waals surface area contributed by atoms with Crippen LogP contribution < -0.4 is 4.90 Å². The molecule has 120 valence electrons. The van der Waals surface area contributed by atoms with Gasteiger partial charge in [-0.25, -0.2) is 0 Å². The summed E-state index contributed by atoms with van der Waals surface area (Å²) in [5.41, 5.74) is 5.19. The first-order valence-electron chi connectivity index (χ1n) is 7.72. The standard InChI is InChI=1S/C19H20BrNO2/c1-11-8-12(2)18(13(3)9-11)21-16(10-22)17(19(21)23)14-6-4-5-7-15(14)20/h4-9,16-17,22H,10H2,1-3H3/t16-,17+/m0/s1. The molecule has 2 atom stereocenters. The molecule has 2 aromatic carbocycles. The summed E-state index contributed by atoms with van der Waals surface area (Å²) in [5, 5.41) is 9.89. The first-order valence-corrected chi connectivity index (χ1v) is 8.51. The monoisotopic (exact) mass is 373 g/mol. The minimum absolute atomic E-state index is 0.0472. The van der Waals surface area contributed by atoms with E-state index in [1.54, 1.807) is 4.90 Å². The summed E-state index contributed by atoms with van der Waals surface area (Å²) in [7, 11) is 0. The average Bonchev–Trinajstić information content (AvgIpc) is 2.49. The molecule has 0 aliphatic carbocycles. The summed E-state index contributed by atoms with van der Waals surface area (Å²) >= 11 is 3.52. The summed E-state index contributed by atoms with van der Waals surface area (Å²) in [6, 6.07) is 11.7. The van der Waals surface area contributed by atoms with Gasteiger partial charge in [-0.1, -0.05) is 51.8 Å². The number of aliphatic hydroxyl groups excluding tert-OH is 1. The van der Waals surface area contributed by atoms with E-state index in [0.717, 1.165) is 26.9 Å². The smallest absolute Gasteiger partial charge is 0.237 e. The molecule has 2 aromatic rings. The molecule has 0 aromatic heterocycles. The number of hydrogen-bond donors (Lipinski definition) is 1. The van der Waals surface area contributed by atoms with Crippen LogP contribution in [-0.4, -0.2) is 23.7 Å². The van der Waals surface area contributed by atoms with E-state index in [-0.39, 0.29) is 24.5 Å². The lowest BCUT2D eigenvalue weighted by Gasteiger charge is -2.48. The number of rotatable bonds is 3. The highest BCUT2D eigenvalue weighted by atomic mass is 79.9. The molecule has 1 aliphatic rings. The maximum Gasteiger partial charge on any atom is 0.237 e.